The number of aliphatic hydroxyl groups is 1. The third kappa shape index (κ3) is 4.84. The van der Waals surface area contributed by atoms with E-state index in [4.69, 9.17) is 5.26 Å². The molecule has 10 heteroatoms. The van der Waals surface area contributed by atoms with Crippen LogP contribution in [0.5, 0.6) is 0 Å². The Hall–Kier alpha value is -3.58. The van der Waals surface area contributed by atoms with E-state index in [1.807, 2.05) is 6.07 Å². The van der Waals surface area contributed by atoms with Gasteiger partial charge in [-0.3, -0.25) is 9.36 Å². The average molecular weight is 469 g/mol. The van der Waals surface area contributed by atoms with Crippen LogP contribution in [-0.2, 0) is 0 Å². The lowest BCUT2D eigenvalue weighted by atomic mass is 9.82. The highest BCUT2D eigenvalue weighted by molar-refractivity contribution is 5.99. The molecule has 1 aliphatic rings. The molecule has 0 unspecified atom stereocenters. The number of pyridine rings is 2. The van der Waals surface area contributed by atoms with Gasteiger partial charge in [0.15, 0.2) is 0 Å². The number of nitrogens with zero attached hydrogens (tertiary/aromatic N) is 4. The number of halogens is 2. The van der Waals surface area contributed by atoms with Crippen LogP contribution in [0.3, 0.4) is 0 Å². The third-order valence-corrected chi connectivity index (χ3v) is 6.09. The van der Waals surface area contributed by atoms with Gasteiger partial charge >= 0.3 is 0 Å². The van der Waals surface area contributed by atoms with Crippen molar-refractivity contribution >= 4 is 22.6 Å². The molecule has 3 aromatic heterocycles. The summed E-state index contributed by atoms with van der Waals surface area (Å²) in [6.45, 7) is 2.29. The molecule has 0 spiro atoms. The zero-order valence-electron chi connectivity index (χ0n) is 19.0. The highest BCUT2D eigenvalue weighted by Crippen LogP contribution is 2.36. The monoisotopic (exact) mass is 468 g/mol. The number of anilines is 1. The molecule has 8 nitrogen and oxygen atoms in total. The fourth-order valence-electron chi connectivity index (χ4n) is 3.69. The first-order valence-corrected chi connectivity index (χ1v) is 11.0. The van der Waals surface area contributed by atoms with Gasteiger partial charge in [-0.05, 0) is 45.2 Å². The van der Waals surface area contributed by atoms with Crippen LogP contribution in [0.25, 0.3) is 16.9 Å². The molecule has 1 fully saturated rings. The molecule has 178 valence electrons. The largest absolute Gasteiger partial charge is 0.387 e. The van der Waals surface area contributed by atoms with Crippen LogP contribution >= 0.6 is 0 Å². The van der Waals surface area contributed by atoms with Gasteiger partial charge in [0.2, 0.25) is 0 Å². The Morgan fingerprint density at radius 2 is 2.12 bits per heavy atom. The Morgan fingerprint density at radius 1 is 1.35 bits per heavy atom. The number of nitriles is 1. The van der Waals surface area contributed by atoms with E-state index >= 15 is 0 Å². The molecule has 0 saturated heterocycles. The highest BCUT2D eigenvalue weighted by Gasteiger charge is 2.37. The Bertz CT molecular complexity index is 1260. The van der Waals surface area contributed by atoms with E-state index in [2.05, 4.69) is 20.6 Å². The smallest absolute Gasteiger partial charge is 0.255 e. The van der Waals surface area contributed by atoms with Crippen molar-refractivity contribution in [3.8, 4) is 11.9 Å². The van der Waals surface area contributed by atoms with Crippen molar-refractivity contribution < 1.29 is 18.7 Å². The molecule has 4 rings (SSSR count). The standard InChI is InChI=1S/C24H26F2N6O2/c1-23(2,34)19(25)13-30-22(33)17-12-28-20(9-18(17)31-14-24(26)5-3-6-24)32-7-4-16-8-15(10-27)11-29-21(16)32/h4,7-9,11-12,19,34H,3,5-6,13-14H2,1-2H3,(H,28,31)(H,30,33)/t19-/m1/s1. The quantitative estimate of drug-likeness (QED) is 0.467. The van der Waals surface area contributed by atoms with Crippen LogP contribution in [0, 0.1) is 11.3 Å². The second-order valence-corrected chi connectivity index (χ2v) is 9.21. The van der Waals surface area contributed by atoms with Crippen LogP contribution < -0.4 is 10.6 Å². The lowest BCUT2D eigenvalue weighted by Gasteiger charge is -2.34. The molecule has 0 radical (unpaired) electrons. The highest BCUT2D eigenvalue weighted by atomic mass is 19.1. The Morgan fingerprint density at radius 3 is 2.76 bits per heavy atom. The van der Waals surface area contributed by atoms with Gasteiger partial charge in [-0.25, -0.2) is 18.7 Å². The summed E-state index contributed by atoms with van der Waals surface area (Å²) in [5, 5.41) is 25.1. The fourth-order valence-corrected chi connectivity index (χ4v) is 3.69. The maximum absolute atomic E-state index is 14.7. The summed E-state index contributed by atoms with van der Waals surface area (Å²) >= 11 is 0. The molecule has 1 atom stereocenters. The fraction of sp³-hybridized carbons (Fsp3) is 0.417. The van der Waals surface area contributed by atoms with E-state index < -0.39 is 23.3 Å². The number of carbonyl (C=O) groups excluding carboxylic acids is 1. The van der Waals surface area contributed by atoms with Crippen LogP contribution in [0.4, 0.5) is 14.5 Å². The minimum Gasteiger partial charge on any atom is -0.387 e. The van der Waals surface area contributed by atoms with Gasteiger partial charge in [0.1, 0.15) is 29.4 Å². The molecule has 3 aromatic rings. The summed E-state index contributed by atoms with van der Waals surface area (Å²) in [5.74, 6) is -0.156. The average Bonchev–Trinajstić information content (AvgIpc) is 3.22. The molecule has 3 N–H and O–H groups in total. The summed E-state index contributed by atoms with van der Waals surface area (Å²) in [7, 11) is 0. The zero-order chi connectivity index (χ0) is 24.5. The number of nitrogens with one attached hydrogen (secondary N) is 2. The van der Waals surface area contributed by atoms with Crippen molar-refractivity contribution in [3.05, 3.63) is 47.9 Å². The maximum Gasteiger partial charge on any atom is 0.255 e. The number of alkyl halides is 2. The third-order valence-electron chi connectivity index (χ3n) is 6.09. The molecule has 3 heterocycles. The first kappa shape index (κ1) is 23.6. The van der Waals surface area contributed by atoms with Crippen molar-refractivity contribution in [1.29, 1.82) is 5.26 Å². The lowest BCUT2D eigenvalue weighted by molar-refractivity contribution is -0.00178. The second-order valence-electron chi connectivity index (χ2n) is 9.21. The molecule has 1 amide bonds. The second kappa shape index (κ2) is 8.99. The van der Waals surface area contributed by atoms with Crippen molar-refractivity contribution in [2.75, 3.05) is 18.4 Å². The van der Waals surface area contributed by atoms with E-state index in [9.17, 15) is 18.7 Å². The number of amides is 1. The van der Waals surface area contributed by atoms with Gasteiger partial charge in [-0.2, -0.15) is 5.26 Å². The van der Waals surface area contributed by atoms with E-state index in [0.717, 1.165) is 11.8 Å². The molecule has 0 bridgehead atoms. The van der Waals surface area contributed by atoms with Gasteiger partial charge in [-0.15, -0.1) is 0 Å². The van der Waals surface area contributed by atoms with E-state index in [1.54, 1.807) is 29.0 Å². The SMILES string of the molecule is CC(C)(O)[C@H](F)CNC(=O)c1cnc(-n2ccc3cc(C#N)cnc32)cc1NCC1(F)CCC1. The molecular formula is C24H26F2N6O2. The number of carbonyl (C=O) groups is 1. The first-order valence-electron chi connectivity index (χ1n) is 11.0. The minimum absolute atomic E-state index is 0.0301. The van der Waals surface area contributed by atoms with E-state index in [-0.39, 0.29) is 18.7 Å². The lowest BCUT2D eigenvalue weighted by Crippen LogP contribution is -2.42. The van der Waals surface area contributed by atoms with E-state index in [0.29, 0.717) is 35.6 Å². The van der Waals surface area contributed by atoms with Crippen molar-refractivity contribution in [1.82, 2.24) is 19.9 Å². The molecular weight excluding hydrogens is 442 g/mol. The Kier molecular flexibility index (Phi) is 6.23. The summed E-state index contributed by atoms with van der Waals surface area (Å²) in [6.07, 6.45) is 4.58. The topological polar surface area (TPSA) is 116 Å². The summed E-state index contributed by atoms with van der Waals surface area (Å²) < 4.78 is 30.5. The Labute approximate surface area is 195 Å². The molecule has 0 aromatic carbocycles. The summed E-state index contributed by atoms with van der Waals surface area (Å²) in [5.41, 5.74) is -1.46. The van der Waals surface area contributed by atoms with Crippen molar-refractivity contribution in [3.63, 3.8) is 0 Å². The summed E-state index contributed by atoms with van der Waals surface area (Å²) in [4.78, 5) is 21.5. The summed E-state index contributed by atoms with van der Waals surface area (Å²) in [6, 6.07) is 7.16. The predicted molar refractivity (Wildman–Crippen MR) is 123 cm³/mol. The number of aromatic nitrogens is 3. The molecule has 1 aliphatic carbocycles. The van der Waals surface area contributed by atoms with Crippen LogP contribution in [0.15, 0.2) is 36.8 Å². The van der Waals surface area contributed by atoms with Crippen LogP contribution in [0.2, 0.25) is 0 Å². The van der Waals surface area contributed by atoms with Crippen LogP contribution in [0.1, 0.15) is 49.0 Å². The predicted octanol–water partition coefficient (Wildman–Crippen LogP) is 3.44. The van der Waals surface area contributed by atoms with Gasteiger partial charge in [0, 0.05) is 36.6 Å². The van der Waals surface area contributed by atoms with E-state index in [1.165, 1.54) is 26.2 Å². The number of hydrogen-bond acceptors (Lipinski definition) is 6. The van der Waals surface area contributed by atoms with Crippen molar-refractivity contribution in [2.24, 2.45) is 0 Å². The number of fused-ring (bicyclic) bond motifs is 1. The minimum atomic E-state index is -1.67. The maximum atomic E-state index is 14.7. The zero-order valence-corrected chi connectivity index (χ0v) is 19.0. The molecule has 0 aliphatic heterocycles. The van der Waals surface area contributed by atoms with Crippen molar-refractivity contribution in [2.45, 2.75) is 50.6 Å². The number of rotatable bonds is 8. The molecule has 34 heavy (non-hydrogen) atoms. The number of hydrogen-bond donors (Lipinski definition) is 3. The first-order chi connectivity index (χ1) is 16.1. The van der Waals surface area contributed by atoms with Gasteiger partial charge in [0.05, 0.1) is 29.0 Å². The van der Waals surface area contributed by atoms with Gasteiger partial charge in [0.25, 0.3) is 5.91 Å². The normalized spacial score (nSPS) is 15.9. The molecule has 1 saturated carbocycles. The van der Waals surface area contributed by atoms with Crippen LogP contribution in [-0.4, -0.2) is 56.1 Å². The van der Waals surface area contributed by atoms with Gasteiger partial charge in [-0.1, -0.05) is 0 Å². The van der Waals surface area contributed by atoms with Gasteiger partial charge < -0.3 is 15.7 Å². The Balaban J connectivity index is 1.64.